The minimum absolute atomic E-state index is 0.0162. The fourth-order valence-electron chi connectivity index (χ4n) is 0.655. The molecule has 0 atom stereocenters. The lowest BCUT2D eigenvalue weighted by Crippen LogP contribution is -2.73. The third-order valence-corrected chi connectivity index (χ3v) is 1.10. The Morgan fingerprint density at radius 1 is 1.70 bits per heavy atom. The first-order valence-electron chi connectivity index (χ1n) is 2.85. The number of ketones is 2. The highest BCUT2D eigenvalue weighted by Crippen LogP contribution is 1.85. The molecule has 4 heteroatoms. The molecule has 0 aliphatic carbocycles. The van der Waals surface area contributed by atoms with Crippen LogP contribution in [-0.4, -0.2) is 17.3 Å². The van der Waals surface area contributed by atoms with E-state index in [9.17, 15) is 9.59 Å². The van der Waals surface area contributed by atoms with Crippen molar-refractivity contribution < 1.29 is 15.0 Å². The molecule has 0 aromatic rings. The highest BCUT2D eigenvalue weighted by atomic mass is 16.1. The van der Waals surface area contributed by atoms with Gasteiger partial charge in [0.2, 0.25) is 11.5 Å². The fraction of sp³-hybridized carbons (Fsp3) is 0.167. The molecule has 1 heterocycles. The summed E-state index contributed by atoms with van der Waals surface area (Å²) >= 11 is 0. The summed E-state index contributed by atoms with van der Waals surface area (Å²) in [5, 5.41) is 3.62. The van der Waals surface area contributed by atoms with E-state index in [1.54, 1.807) is 0 Å². The smallest absolute Gasteiger partial charge is 0.218 e. The third kappa shape index (κ3) is 1.16. The van der Waals surface area contributed by atoms with Crippen molar-refractivity contribution in [3.63, 3.8) is 0 Å². The number of carbonyl (C=O) groups excluding carboxylic acids is 2. The van der Waals surface area contributed by atoms with E-state index in [4.69, 9.17) is 0 Å². The largest absolute Gasteiger partial charge is 0.292 e. The minimum Gasteiger partial charge on any atom is -0.292 e. The lowest BCUT2D eigenvalue weighted by molar-refractivity contribution is -0.594. The molecule has 0 aromatic carbocycles. The van der Waals surface area contributed by atoms with Gasteiger partial charge in [-0.25, -0.2) is 0 Å². The third-order valence-electron chi connectivity index (χ3n) is 1.10. The first-order valence-corrected chi connectivity index (χ1v) is 2.85. The standard InChI is InChI=1S/C6H6N2O2/c1-4(9)6-5(10)2-3-7-8-6/h2-3H,1H3,(H,7,10)/p+1. The topological polar surface area (TPSA) is 63.1 Å². The Kier molecular flexibility index (Phi) is 1.73. The van der Waals surface area contributed by atoms with Crippen molar-refractivity contribution in [1.82, 2.24) is 0 Å². The zero-order valence-electron chi connectivity index (χ0n) is 5.50. The van der Waals surface area contributed by atoms with Crippen LogP contribution in [0.2, 0.25) is 0 Å². The van der Waals surface area contributed by atoms with Gasteiger partial charge in [0.15, 0.2) is 5.78 Å². The minimum atomic E-state index is -0.310. The maximum Gasteiger partial charge on any atom is 0.218 e. The van der Waals surface area contributed by atoms with Crippen molar-refractivity contribution in [2.75, 3.05) is 0 Å². The summed E-state index contributed by atoms with van der Waals surface area (Å²) in [5.74, 6) is -0.597. The van der Waals surface area contributed by atoms with Crippen LogP contribution in [0.1, 0.15) is 6.92 Å². The lowest BCUT2D eigenvalue weighted by Gasteiger charge is -1.96. The van der Waals surface area contributed by atoms with Gasteiger partial charge in [-0.1, -0.05) is 5.10 Å². The van der Waals surface area contributed by atoms with Crippen molar-refractivity contribution >= 4 is 17.3 Å². The van der Waals surface area contributed by atoms with Gasteiger partial charge in [-0.3, -0.25) is 9.59 Å². The molecule has 0 radical (unpaired) electrons. The summed E-state index contributed by atoms with van der Waals surface area (Å²) in [6, 6.07) is 0. The van der Waals surface area contributed by atoms with E-state index in [0.717, 1.165) is 0 Å². The number of Topliss-reactive ketones (excluding diaryl/α,β-unsaturated/α-hetero) is 1. The van der Waals surface area contributed by atoms with Crippen LogP contribution in [-0.2, 0) is 9.59 Å². The Morgan fingerprint density at radius 2 is 2.40 bits per heavy atom. The number of nitrogens with zero attached hydrogens (tertiary/aromatic N) is 1. The van der Waals surface area contributed by atoms with Crippen molar-refractivity contribution in [1.29, 1.82) is 0 Å². The molecule has 4 nitrogen and oxygen atoms in total. The van der Waals surface area contributed by atoms with E-state index in [1.165, 1.54) is 24.6 Å². The SMILES string of the molecule is CC(=O)C1=N[NH2+]C=CC1=O. The van der Waals surface area contributed by atoms with Gasteiger partial charge in [0, 0.05) is 13.0 Å². The number of allylic oxidation sites excluding steroid dienone is 1. The van der Waals surface area contributed by atoms with Gasteiger partial charge >= 0.3 is 0 Å². The Morgan fingerprint density at radius 3 is 2.80 bits per heavy atom. The molecule has 52 valence electrons. The molecule has 1 aliphatic rings. The van der Waals surface area contributed by atoms with Crippen molar-refractivity contribution in [2.45, 2.75) is 6.92 Å². The fourth-order valence-corrected chi connectivity index (χ4v) is 0.655. The zero-order valence-corrected chi connectivity index (χ0v) is 5.50. The van der Waals surface area contributed by atoms with Crippen LogP contribution in [0.25, 0.3) is 0 Å². The normalized spacial score (nSPS) is 16.9. The quantitative estimate of drug-likeness (QED) is 0.454. The number of quaternary nitrogens is 1. The van der Waals surface area contributed by atoms with Crippen molar-refractivity contribution in [2.24, 2.45) is 5.10 Å². The number of hydrogen-bond donors (Lipinski definition) is 1. The Bertz CT molecular complexity index is 240. The number of hydrogen-bond acceptors (Lipinski definition) is 3. The second kappa shape index (κ2) is 2.53. The maximum atomic E-state index is 10.8. The van der Waals surface area contributed by atoms with Crippen LogP contribution < -0.4 is 5.43 Å². The molecule has 0 unspecified atom stereocenters. The van der Waals surface area contributed by atoms with Gasteiger partial charge < -0.3 is 0 Å². The van der Waals surface area contributed by atoms with E-state index in [2.05, 4.69) is 5.10 Å². The van der Waals surface area contributed by atoms with E-state index < -0.39 is 0 Å². The van der Waals surface area contributed by atoms with Crippen LogP contribution >= 0.6 is 0 Å². The molecule has 1 rings (SSSR count). The summed E-state index contributed by atoms with van der Waals surface area (Å²) in [6.07, 6.45) is 2.83. The molecule has 1 aliphatic heterocycles. The highest BCUT2D eigenvalue weighted by Gasteiger charge is 2.18. The van der Waals surface area contributed by atoms with Crippen LogP contribution in [0.3, 0.4) is 0 Å². The van der Waals surface area contributed by atoms with Crippen LogP contribution in [0.15, 0.2) is 17.4 Å². The first kappa shape index (κ1) is 6.82. The molecule has 0 aromatic heterocycles. The lowest BCUT2D eigenvalue weighted by atomic mass is 10.2. The average molecular weight is 139 g/mol. The summed E-state index contributed by atoms with van der Waals surface area (Å²) in [6.45, 7) is 1.32. The van der Waals surface area contributed by atoms with Gasteiger partial charge in [0.25, 0.3) is 0 Å². The number of carbonyl (C=O) groups is 2. The molecule has 0 fully saturated rings. The summed E-state index contributed by atoms with van der Waals surface area (Å²) in [5.41, 5.74) is 1.44. The van der Waals surface area contributed by atoms with Crippen molar-refractivity contribution in [3.05, 3.63) is 12.3 Å². The second-order valence-corrected chi connectivity index (χ2v) is 1.91. The Labute approximate surface area is 57.6 Å². The molecule has 0 saturated carbocycles. The van der Waals surface area contributed by atoms with Gasteiger partial charge in [0.05, 0.1) is 0 Å². The molecular formula is C6H7N2O2+. The predicted octanol–water partition coefficient (Wildman–Crippen LogP) is -1.41. The van der Waals surface area contributed by atoms with Crippen LogP contribution in [0.5, 0.6) is 0 Å². The van der Waals surface area contributed by atoms with E-state index >= 15 is 0 Å². The van der Waals surface area contributed by atoms with Crippen LogP contribution in [0.4, 0.5) is 0 Å². The predicted molar refractivity (Wildman–Crippen MR) is 34.2 cm³/mol. The molecule has 0 bridgehead atoms. The molecule has 2 N–H and O–H groups in total. The zero-order chi connectivity index (χ0) is 7.56. The van der Waals surface area contributed by atoms with Gasteiger partial charge in [0.1, 0.15) is 6.20 Å². The average Bonchev–Trinajstić information content (AvgIpc) is 1.88. The monoisotopic (exact) mass is 139 g/mol. The maximum absolute atomic E-state index is 10.8. The van der Waals surface area contributed by atoms with E-state index in [-0.39, 0.29) is 17.3 Å². The first-order chi connectivity index (χ1) is 4.72. The summed E-state index contributed by atoms with van der Waals surface area (Å²) in [7, 11) is 0. The summed E-state index contributed by atoms with van der Waals surface area (Å²) in [4.78, 5) is 21.4. The Hall–Kier alpha value is -1.29. The van der Waals surface area contributed by atoms with Gasteiger partial charge in [-0.2, -0.15) is 5.43 Å². The van der Waals surface area contributed by atoms with Crippen molar-refractivity contribution in [3.8, 4) is 0 Å². The van der Waals surface area contributed by atoms with E-state index in [0.29, 0.717) is 0 Å². The highest BCUT2D eigenvalue weighted by molar-refractivity contribution is 6.67. The Balaban J connectivity index is 2.86. The molecule has 0 saturated heterocycles. The van der Waals surface area contributed by atoms with Gasteiger partial charge in [-0.05, 0) is 0 Å². The molecule has 0 spiro atoms. The molecule has 10 heavy (non-hydrogen) atoms. The number of nitrogens with two attached hydrogens (primary N) is 1. The second-order valence-electron chi connectivity index (χ2n) is 1.91. The van der Waals surface area contributed by atoms with E-state index in [1.807, 2.05) is 0 Å². The molecular weight excluding hydrogens is 132 g/mol. The summed E-state index contributed by atoms with van der Waals surface area (Å²) < 4.78 is 0. The molecule has 0 amide bonds. The van der Waals surface area contributed by atoms with Gasteiger partial charge in [-0.15, -0.1) is 0 Å². The number of rotatable bonds is 1. The van der Waals surface area contributed by atoms with Crippen LogP contribution in [0, 0.1) is 0 Å².